The van der Waals surface area contributed by atoms with Crippen LogP contribution in [0.4, 0.5) is 5.69 Å². The van der Waals surface area contributed by atoms with Gasteiger partial charge in [-0.1, -0.05) is 24.3 Å². The smallest absolute Gasteiger partial charge is 0.270 e. The number of carbonyl (C=O) groups is 2. The number of amides is 2. The van der Waals surface area contributed by atoms with E-state index in [1.165, 1.54) is 0 Å². The van der Waals surface area contributed by atoms with Gasteiger partial charge in [0, 0.05) is 17.5 Å². The number of anilines is 1. The second-order valence-electron chi connectivity index (χ2n) is 7.99. The number of nitriles is 1. The van der Waals surface area contributed by atoms with Crippen LogP contribution in [0.1, 0.15) is 24.3 Å². The van der Waals surface area contributed by atoms with Gasteiger partial charge in [0.05, 0.1) is 36.5 Å². The highest BCUT2D eigenvalue weighted by molar-refractivity contribution is 6.00. The van der Waals surface area contributed by atoms with E-state index in [1.807, 2.05) is 44.2 Å². The van der Waals surface area contributed by atoms with Crippen LogP contribution in [-0.2, 0) is 4.79 Å². The number of rotatable bonds is 8. The molecule has 3 aromatic rings. The summed E-state index contributed by atoms with van der Waals surface area (Å²) in [6.07, 6.45) is 0. The Morgan fingerprint density at radius 1 is 1.19 bits per heavy atom. The van der Waals surface area contributed by atoms with Crippen molar-refractivity contribution in [1.29, 1.82) is 5.26 Å². The van der Waals surface area contributed by atoms with Gasteiger partial charge in [0.2, 0.25) is 5.91 Å². The fourth-order valence-electron chi connectivity index (χ4n) is 3.14. The molecule has 1 heterocycles. The molecule has 4 N–H and O–H groups in total. The molecule has 0 radical (unpaired) electrons. The normalized spacial score (nSPS) is 10.9. The van der Waals surface area contributed by atoms with Crippen LogP contribution in [-0.4, -0.2) is 37.0 Å². The molecule has 3 rings (SSSR count). The van der Waals surface area contributed by atoms with Gasteiger partial charge in [-0.25, -0.2) is 4.98 Å². The molecule has 0 unspecified atom stereocenters. The summed E-state index contributed by atoms with van der Waals surface area (Å²) in [7, 11) is 1.60. The van der Waals surface area contributed by atoms with Gasteiger partial charge in [0.15, 0.2) is 0 Å². The number of nitrogens with two attached hydrogens (primary N) is 1. The maximum Gasteiger partial charge on any atom is 0.270 e. The molecule has 1 aromatic heterocycles. The molecular formula is C24H25N5O3. The Balaban J connectivity index is 2.01. The number of nitrogens with zero attached hydrogens (tertiary/aromatic N) is 2. The lowest BCUT2D eigenvalue weighted by Crippen LogP contribution is -2.33. The Morgan fingerprint density at radius 3 is 2.62 bits per heavy atom. The van der Waals surface area contributed by atoms with Gasteiger partial charge < -0.3 is 21.1 Å². The van der Waals surface area contributed by atoms with Crippen LogP contribution in [0.25, 0.3) is 22.0 Å². The third-order valence-electron chi connectivity index (χ3n) is 4.91. The Labute approximate surface area is 186 Å². The fraction of sp³-hybridized carbons (Fsp3) is 0.250. The molecule has 0 spiro atoms. The first-order valence-corrected chi connectivity index (χ1v) is 10.0. The molecule has 32 heavy (non-hydrogen) atoms. The Morgan fingerprint density at radius 2 is 1.94 bits per heavy atom. The first-order valence-electron chi connectivity index (χ1n) is 10.0. The van der Waals surface area contributed by atoms with Crippen LogP contribution in [0.3, 0.4) is 0 Å². The maximum atomic E-state index is 12.3. The van der Waals surface area contributed by atoms with Gasteiger partial charge >= 0.3 is 0 Å². The average Bonchev–Trinajstić information content (AvgIpc) is 2.80. The zero-order valence-corrected chi connectivity index (χ0v) is 18.2. The van der Waals surface area contributed by atoms with Crippen molar-refractivity contribution in [2.45, 2.75) is 13.8 Å². The van der Waals surface area contributed by atoms with Crippen molar-refractivity contribution in [3.63, 3.8) is 0 Å². The lowest BCUT2D eigenvalue weighted by molar-refractivity contribution is -0.117. The van der Waals surface area contributed by atoms with Crippen molar-refractivity contribution in [2.24, 2.45) is 11.1 Å². The summed E-state index contributed by atoms with van der Waals surface area (Å²) < 4.78 is 5.54. The highest BCUT2D eigenvalue weighted by Gasteiger charge is 2.19. The average molecular weight is 431 g/mol. The Hall–Kier alpha value is -4.12. The van der Waals surface area contributed by atoms with Gasteiger partial charge in [-0.3, -0.25) is 9.59 Å². The maximum absolute atomic E-state index is 12.3. The van der Waals surface area contributed by atoms with Crippen LogP contribution in [0, 0.1) is 16.7 Å². The van der Waals surface area contributed by atoms with Gasteiger partial charge in [-0.15, -0.1) is 0 Å². The number of aromatic nitrogens is 1. The van der Waals surface area contributed by atoms with Gasteiger partial charge in [-0.2, -0.15) is 5.26 Å². The predicted molar refractivity (Wildman–Crippen MR) is 123 cm³/mol. The number of benzene rings is 2. The van der Waals surface area contributed by atoms with E-state index in [0.29, 0.717) is 18.0 Å². The largest absolute Gasteiger partial charge is 0.495 e. The lowest BCUT2D eigenvalue weighted by Gasteiger charge is -2.20. The van der Waals surface area contributed by atoms with Crippen LogP contribution < -0.4 is 21.1 Å². The van der Waals surface area contributed by atoms with Crippen molar-refractivity contribution in [2.75, 3.05) is 25.5 Å². The fourth-order valence-corrected chi connectivity index (χ4v) is 3.14. The molecule has 0 aliphatic carbocycles. The minimum absolute atomic E-state index is 0.184. The molecule has 0 aliphatic rings. The molecule has 8 heteroatoms. The number of fused-ring (bicyclic) bond motifs is 1. The van der Waals surface area contributed by atoms with Crippen molar-refractivity contribution in [3.8, 4) is 23.1 Å². The number of primary amides is 1. The zero-order valence-electron chi connectivity index (χ0n) is 18.2. The van der Waals surface area contributed by atoms with E-state index >= 15 is 0 Å². The highest BCUT2D eigenvalue weighted by Crippen LogP contribution is 2.36. The minimum Gasteiger partial charge on any atom is -0.495 e. The monoisotopic (exact) mass is 431 g/mol. The second kappa shape index (κ2) is 9.35. The van der Waals surface area contributed by atoms with Gasteiger partial charge in [0.25, 0.3) is 5.91 Å². The third-order valence-corrected chi connectivity index (χ3v) is 4.91. The predicted octanol–water partition coefficient (Wildman–Crippen LogP) is 3.09. The standard InChI is InChI=1S/C24H25N5O3/c1-24(2,13-25)14-28-22-17-11-16(8-7-15(17)9-10-20(22)32-3)18-5-4-6-19(29-18)23(31)27-12-21(26)30/h4-11,28H,12,14H2,1-3H3,(H2,26,30)(H,27,31). The van der Waals surface area contributed by atoms with Crippen LogP contribution >= 0.6 is 0 Å². The topological polar surface area (TPSA) is 130 Å². The van der Waals surface area contributed by atoms with E-state index < -0.39 is 17.2 Å². The van der Waals surface area contributed by atoms with Crippen LogP contribution in [0.5, 0.6) is 5.75 Å². The van der Waals surface area contributed by atoms with Crippen molar-refractivity contribution in [3.05, 3.63) is 54.2 Å². The molecule has 0 atom stereocenters. The Kier molecular flexibility index (Phi) is 6.59. The summed E-state index contributed by atoms with van der Waals surface area (Å²) in [5.41, 5.74) is 6.90. The van der Waals surface area contributed by atoms with E-state index in [2.05, 4.69) is 21.7 Å². The first-order chi connectivity index (χ1) is 15.2. The van der Waals surface area contributed by atoms with Crippen molar-refractivity contribution < 1.29 is 14.3 Å². The number of ether oxygens (including phenoxy) is 1. The molecular weight excluding hydrogens is 406 g/mol. The molecule has 0 bridgehead atoms. The number of nitrogens with one attached hydrogen (secondary N) is 2. The second-order valence-corrected chi connectivity index (χ2v) is 7.99. The molecule has 2 aromatic carbocycles. The van der Waals surface area contributed by atoms with E-state index in [1.54, 1.807) is 25.3 Å². The SMILES string of the molecule is COc1ccc2ccc(-c3cccc(C(=O)NCC(N)=O)n3)cc2c1NCC(C)(C)C#N. The quantitative estimate of drug-likeness (QED) is 0.502. The van der Waals surface area contributed by atoms with Crippen molar-refractivity contribution in [1.82, 2.24) is 10.3 Å². The van der Waals surface area contributed by atoms with Crippen LogP contribution in [0.15, 0.2) is 48.5 Å². The summed E-state index contributed by atoms with van der Waals surface area (Å²) in [5.74, 6) is -0.442. The number of carbonyl (C=O) groups excluding carboxylic acids is 2. The molecule has 2 amide bonds. The molecule has 0 aliphatic heterocycles. The number of methoxy groups -OCH3 is 1. The minimum atomic E-state index is -0.627. The molecule has 0 saturated heterocycles. The summed E-state index contributed by atoms with van der Waals surface area (Å²) in [4.78, 5) is 27.6. The number of hydrogen-bond acceptors (Lipinski definition) is 6. The molecule has 0 saturated carbocycles. The molecule has 8 nitrogen and oxygen atoms in total. The summed E-state index contributed by atoms with van der Waals surface area (Å²) in [6.45, 7) is 3.91. The summed E-state index contributed by atoms with van der Waals surface area (Å²) >= 11 is 0. The summed E-state index contributed by atoms with van der Waals surface area (Å²) in [5, 5.41) is 17.0. The van der Waals surface area contributed by atoms with Crippen LogP contribution in [0.2, 0.25) is 0 Å². The highest BCUT2D eigenvalue weighted by atomic mass is 16.5. The molecule has 0 fully saturated rings. The lowest BCUT2D eigenvalue weighted by atomic mass is 9.95. The number of hydrogen-bond donors (Lipinski definition) is 3. The Bertz CT molecular complexity index is 1210. The third kappa shape index (κ3) is 5.13. The molecule has 164 valence electrons. The summed E-state index contributed by atoms with van der Waals surface area (Å²) in [6, 6.07) is 17.1. The zero-order chi connectivity index (χ0) is 23.3. The van der Waals surface area contributed by atoms with Gasteiger partial charge in [-0.05, 0) is 43.5 Å². The number of pyridine rings is 1. The van der Waals surface area contributed by atoms with Crippen molar-refractivity contribution >= 4 is 28.3 Å². The van der Waals surface area contributed by atoms with E-state index in [4.69, 9.17) is 10.5 Å². The first kappa shape index (κ1) is 22.6. The van der Waals surface area contributed by atoms with E-state index in [0.717, 1.165) is 22.0 Å². The van der Waals surface area contributed by atoms with E-state index in [9.17, 15) is 14.9 Å². The van der Waals surface area contributed by atoms with E-state index in [-0.39, 0.29) is 12.2 Å². The van der Waals surface area contributed by atoms with Gasteiger partial charge in [0.1, 0.15) is 11.4 Å².